The molecule has 2 N–H and O–H groups in total. The van der Waals surface area contributed by atoms with Crippen LogP contribution in [0.2, 0.25) is 0 Å². The first-order valence-electron chi connectivity index (χ1n) is 7.25. The molecule has 1 atom stereocenters. The molecule has 2 amide bonds. The highest BCUT2D eigenvalue weighted by Gasteiger charge is 2.39. The molecule has 1 saturated heterocycles. The number of aliphatic carboxylic acids is 1. The van der Waals surface area contributed by atoms with Crippen molar-refractivity contribution in [3.05, 3.63) is 30.3 Å². The predicted octanol–water partition coefficient (Wildman–Crippen LogP) is 3.04. The van der Waals surface area contributed by atoms with E-state index in [4.69, 9.17) is 0 Å². The number of rotatable bonds is 3. The number of hydrogen-bond acceptors (Lipinski definition) is 2. The molecule has 0 bridgehead atoms. The average molecular weight is 290 g/mol. The second-order valence-corrected chi connectivity index (χ2v) is 6.11. The third kappa shape index (κ3) is 3.54. The lowest BCUT2D eigenvalue weighted by Gasteiger charge is -2.39. The second kappa shape index (κ2) is 6.16. The normalized spacial score (nSPS) is 19.1. The van der Waals surface area contributed by atoms with Crippen LogP contribution in [-0.4, -0.2) is 35.1 Å². The van der Waals surface area contributed by atoms with Gasteiger partial charge in [0.25, 0.3) is 0 Å². The lowest BCUT2D eigenvalue weighted by molar-refractivity contribution is -0.151. The summed E-state index contributed by atoms with van der Waals surface area (Å²) in [5.74, 6) is -0.830. The predicted molar refractivity (Wildman–Crippen MR) is 81.2 cm³/mol. The molecule has 5 nitrogen and oxygen atoms in total. The number of nitrogens with one attached hydrogen (secondary N) is 1. The third-order valence-corrected chi connectivity index (χ3v) is 4.31. The highest BCUT2D eigenvalue weighted by atomic mass is 16.4. The Morgan fingerprint density at radius 1 is 1.29 bits per heavy atom. The minimum Gasteiger partial charge on any atom is -0.481 e. The minimum atomic E-state index is -0.814. The molecule has 1 aliphatic heterocycles. The fraction of sp³-hybridized carbons (Fsp3) is 0.500. The molecular weight excluding hydrogens is 268 g/mol. The summed E-state index contributed by atoms with van der Waals surface area (Å²) in [6.07, 6.45) is 1.68. The van der Waals surface area contributed by atoms with E-state index in [2.05, 4.69) is 5.32 Å². The first kappa shape index (κ1) is 15.4. The summed E-state index contributed by atoms with van der Waals surface area (Å²) in [6.45, 7) is 4.63. The summed E-state index contributed by atoms with van der Waals surface area (Å²) in [4.78, 5) is 25.4. The quantitative estimate of drug-likeness (QED) is 0.899. The van der Waals surface area contributed by atoms with Gasteiger partial charge < -0.3 is 15.3 Å². The topological polar surface area (TPSA) is 69.6 Å². The zero-order valence-electron chi connectivity index (χ0n) is 12.5. The average Bonchev–Trinajstić information content (AvgIpc) is 2.48. The van der Waals surface area contributed by atoms with Gasteiger partial charge in [0.1, 0.15) is 0 Å². The van der Waals surface area contributed by atoms with E-state index in [-0.39, 0.29) is 11.9 Å². The molecule has 0 radical (unpaired) electrons. The Labute approximate surface area is 125 Å². The van der Waals surface area contributed by atoms with Gasteiger partial charge in [-0.15, -0.1) is 0 Å². The van der Waals surface area contributed by atoms with Crippen LogP contribution in [0.5, 0.6) is 0 Å². The molecule has 1 heterocycles. The Morgan fingerprint density at radius 3 is 2.57 bits per heavy atom. The number of carbonyl (C=O) groups excluding carboxylic acids is 1. The number of nitrogens with zero attached hydrogens (tertiary/aromatic N) is 1. The van der Waals surface area contributed by atoms with E-state index < -0.39 is 11.4 Å². The van der Waals surface area contributed by atoms with Gasteiger partial charge in [-0.3, -0.25) is 4.79 Å². The Hall–Kier alpha value is -2.04. The van der Waals surface area contributed by atoms with Gasteiger partial charge in [0.15, 0.2) is 0 Å². The van der Waals surface area contributed by atoms with Gasteiger partial charge in [-0.05, 0) is 44.7 Å². The number of carbonyl (C=O) groups is 2. The van der Waals surface area contributed by atoms with E-state index in [0.717, 1.165) is 18.5 Å². The number of hydrogen-bond donors (Lipinski definition) is 2. The van der Waals surface area contributed by atoms with Gasteiger partial charge >= 0.3 is 12.0 Å². The van der Waals surface area contributed by atoms with Crippen molar-refractivity contribution in [2.75, 3.05) is 18.4 Å². The Bertz CT molecular complexity index is 514. The molecule has 21 heavy (non-hydrogen) atoms. The molecule has 0 aliphatic carbocycles. The van der Waals surface area contributed by atoms with Crippen molar-refractivity contribution in [3.63, 3.8) is 0 Å². The number of anilines is 1. The maximum atomic E-state index is 12.3. The van der Waals surface area contributed by atoms with Crippen molar-refractivity contribution in [1.82, 2.24) is 4.90 Å². The van der Waals surface area contributed by atoms with Crippen LogP contribution in [0.4, 0.5) is 10.5 Å². The maximum Gasteiger partial charge on any atom is 0.321 e. The Balaban J connectivity index is 2.01. The number of amides is 2. The number of urea groups is 1. The van der Waals surface area contributed by atoms with Gasteiger partial charge in [-0.1, -0.05) is 18.2 Å². The van der Waals surface area contributed by atoms with Crippen LogP contribution in [0.25, 0.3) is 0 Å². The van der Waals surface area contributed by atoms with E-state index in [0.29, 0.717) is 13.1 Å². The highest BCUT2D eigenvalue weighted by molar-refractivity contribution is 5.89. The van der Waals surface area contributed by atoms with Crippen LogP contribution >= 0.6 is 0 Å². The van der Waals surface area contributed by atoms with Crippen LogP contribution in [0.15, 0.2) is 30.3 Å². The van der Waals surface area contributed by atoms with Gasteiger partial charge in [0.05, 0.1) is 5.41 Å². The summed E-state index contributed by atoms with van der Waals surface area (Å²) < 4.78 is 0. The number of carboxylic acid groups (broad SMARTS) is 1. The summed E-state index contributed by atoms with van der Waals surface area (Å²) in [6, 6.07) is 9.12. The fourth-order valence-corrected chi connectivity index (χ4v) is 2.65. The van der Waals surface area contributed by atoms with Crippen LogP contribution in [0.3, 0.4) is 0 Å². The summed E-state index contributed by atoms with van der Waals surface area (Å²) >= 11 is 0. The first-order valence-corrected chi connectivity index (χ1v) is 7.25. The molecule has 1 aromatic rings. The second-order valence-electron chi connectivity index (χ2n) is 6.11. The molecule has 0 saturated carbocycles. The highest BCUT2D eigenvalue weighted by Crippen LogP contribution is 2.34. The molecule has 114 valence electrons. The van der Waals surface area contributed by atoms with Crippen LogP contribution in [-0.2, 0) is 4.79 Å². The summed E-state index contributed by atoms with van der Waals surface area (Å²) in [5.41, 5.74) is -0.0618. The van der Waals surface area contributed by atoms with Gasteiger partial charge in [-0.2, -0.15) is 0 Å². The zero-order chi connectivity index (χ0) is 15.5. The zero-order valence-corrected chi connectivity index (χ0v) is 12.5. The monoisotopic (exact) mass is 290 g/mol. The number of carboxylic acids is 1. The standard InChI is InChI=1S/C16H22N2O3/c1-16(2,14(19)20)12-7-6-10-18(11-12)15(21)17-13-8-4-3-5-9-13/h3-5,8-9,12H,6-7,10-11H2,1-2H3,(H,17,21)(H,19,20). The van der Waals surface area contributed by atoms with E-state index in [1.54, 1.807) is 18.7 Å². The van der Waals surface area contributed by atoms with E-state index in [9.17, 15) is 14.7 Å². The molecule has 1 aromatic carbocycles. The van der Waals surface area contributed by atoms with Crippen molar-refractivity contribution in [3.8, 4) is 0 Å². The van der Waals surface area contributed by atoms with Gasteiger partial charge in [-0.25, -0.2) is 4.79 Å². The number of piperidine rings is 1. The SMILES string of the molecule is CC(C)(C(=O)O)C1CCCN(C(=O)Nc2ccccc2)C1. The Morgan fingerprint density at radius 2 is 1.95 bits per heavy atom. The largest absolute Gasteiger partial charge is 0.481 e. The smallest absolute Gasteiger partial charge is 0.321 e. The van der Waals surface area contributed by atoms with Crippen molar-refractivity contribution in [2.45, 2.75) is 26.7 Å². The maximum absolute atomic E-state index is 12.3. The van der Waals surface area contributed by atoms with Crippen molar-refractivity contribution >= 4 is 17.7 Å². The van der Waals surface area contributed by atoms with Gasteiger partial charge in [0.2, 0.25) is 0 Å². The molecular formula is C16H22N2O3. The van der Waals surface area contributed by atoms with E-state index in [1.807, 2.05) is 30.3 Å². The lowest BCUT2D eigenvalue weighted by atomic mass is 9.74. The van der Waals surface area contributed by atoms with Gasteiger partial charge in [0, 0.05) is 18.8 Å². The van der Waals surface area contributed by atoms with E-state index in [1.165, 1.54) is 0 Å². The number of para-hydroxylation sites is 1. The number of likely N-dealkylation sites (tertiary alicyclic amines) is 1. The van der Waals surface area contributed by atoms with E-state index >= 15 is 0 Å². The van der Waals surface area contributed by atoms with Crippen molar-refractivity contribution in [1.29, 1.82) is 0 Å². The lowest BCUT2D eigenvalue weighted by Crippen LogP contribution is -2.48. The van der Waals surface area contributed by atoms with Crippen LogP contribution in [0.1, 0.15) is 26.7 Å². The van der Waals surface area contributed by atoms with Crippen LogP contribution < -0.4 is 5.32 Å². The third-order valence-electron chi connectivity index (χ3n) is 4.31. The molecule has 2 rings (SSSR count). The molecule has 1 aliphatic rings. The Kier molecular flexibility index (Phi) is 4.50. The van der Waals surface area contributed by atoms with Crippen molar-refractivity contribution in [2.24, 2.45) is 11.3 Å². The molecule has 1 fully saturated rings. The minimum absolute atomic E-state index is 0.0229. The number of benzene rings is 1. The molecule has 0 spiro atoms. The molecule has 1 unspecified atom stereocenters. The first-order chi connectivity index (χ1) is 9.91. The summed E-state index contributed by atoms with van der Waals surface area (Å²) in [5, 5.41) is 12.2. The summed E-state index contributed by atoms with van der Waals surface area (Å²) in [7, 11) is 0. The molecule has 5 heteroatoms. The fourth-order valence-electron chi connectivity index (χ4n) is 2.65. The van der Waals surface area contributed by atoms with Crippen LogP contribution in [0, 0.1) is 11.3 Å². The molecule has 0 aromatic heterocycles. The van der Waals surface area contributed by atoms with Crippen molar-refractivity contribution < 1.29 is 14.7 Å².